The van der Waals surface area contributed by atoms with Gasteiger partial charge in [-0.1, -0.05) is 33.2 Å². The van der Waals surface area contributed by atoms with Gasteiger partial charge in [-0.15, -0.1) is 0 Å². The predicted octanol–water partition coefficient (Wildman–Crippen LogP) is 2.82. The number of hydrogen-bond donors (Lipinski definition) is 1. The van der Waals surface area contributed by atoms with E-state index < -0.39 is 0 Å². The van der Waals surface area contributed by atoms with E-state index in [4.69, 9.17) is 0 Å². The average Bonchev–Trinajstić information content (AvgIpc) is 2.82. The minimum Gasteiger partial charge on any atom is -0.363 e. The van der Waals surface area contributed by atoms with Gasteiger partial charge in [-0.25, -0.2) is 0 Å². The Kier molecular flexibility index (Phi) is 3.36. The second-order valence-corrected chi connectivity index (χ2v) is 3.76. The van der Waals surface area contributed by atoms with E-state index in [1.165, 1.54) is 12.5 Å². The largest absolute Gasteiger partial charge is 0.363 e. The van der Waals surface area contributed by atoms with Crippen LogP contribution in [0.5, 0.6) is 0 Å². The summed E-state index contributed by atoms with van der Waals surface area (Å²) in [6.07, 6.45) is 2.83. The molecule has 4 nitrogen and oxygen atoms in total. The van der Waals surface area contributed by atoms with E-state index in [-0.39, 0.29) is 5.91 Å². The van der Waals surface area contributed by atoms with E-state index in [2.05, 4.69) is 30.9 Å². The number of nitrogens with one attached hydrogen (secondary N) is 1. The molecule has 16 heavy (non-hydrogen) atoms. The van der Waals surface area contributed by atoms with Gasteiger partial charge in [-0.3, -0.25) is 4.79 Å². The first kappa shape index (κ1) is 10.9. The number of rotatable bonds is 3. The van der Waals surface area contributed by atoms with E-state index >= 15 is 0 Å². The third-order valence-corrected chi connectivity index (χ3v) is 2.71. The van der Waals surface area contributed by atoms with Crippen molar-refractivity contribution in [3.8, 4) is 0 Å². The SMILES string of the molecule is O=C(Nc1cnoc1)c1ccc(CBr)cc1. The van der Waals surface area contributed by atoms with Gasteiger partial charge in [0.05, 0.1) is 6.20 Å². The number of hydrogen-bond acceptors (Lipinski definition) is 3. The van der Waals surface area contributed by atoms with Gasteiger partial charge in [-0.05, 0) is 17.7 Å². The fourth-order valence-electron chi connectivity index (χ4n) is 1.22. The molecular weight excluding hydrogens is 272 g/mol. The standard InChI is InChI=1S/C11H9BrN2O2/c12-5-8-1-3-9(4-2-8)11(15)14-10-6-13-16-7-10/h1-4,6-7H,5H2,(H,14,15). The number of aromatic nitrogens is 1. The van der Waals surface area contributed by atoms with E-state index in [0.717, 1.165) is 10.9 Å². The Balaban J connectivity index is 2.09. The minimum atomic E-state index is -0.177. The zero-order chi connectivity index (χ0) is 11.4. The number of carbonyl (C=O) groups is 1. The van der Waals surface area contributed by atoms with Crippen molar-refractivity contribution in [2.24, 2.45) is 0 Å². The lowest BCUT2D eigenvalue weighted by molar-refractivity contribution is 0.102. The summed E-state index contributed by atoms with van der Waals surface area (Å²) in [4.78, 5) is 11.7. The van der Waals surface area contributed by atoms with E-state index in [0.29, 0.717) is 11.3 Å². The number of carbonyl (C=O) groups excluding carboxylic acids is 1. The lowest BCUT2D eigenvalue weighted by Gasteiger charge is -2.02. The van der Waals surface area contributed by atoms with Crippen LogP contribution in [-0.4, -0.2) is 11.1 Å². The number of anilines is 1. The second-order valence-electron chi connectivity index (χ2n) is 3.20. The Morgan fingerprint density at radius 3 is 2.69 bits per heavy atom. The Morgan fingerprint density at radius 2 is 2.12 bits per heavy atom. The van der Waals surface area contributed by atoms with Crippen molar-refractivity contribution in [1.82, 2.24) is 5.16 Å². The van der Waals surface area contributed by atoms with Gasteiger partial charge < -0.3 is 9.84 Å². The summed E-state index contributed by atoms with van der Waals surface area (Å²) >= 11 is 3.35. The molecule has 2 aromatic rings. The first-order chi connectivity index (χ1) is 7.79. The van der Waals surface area contributed by atoms with E-state index in [1.807, 2.05) is 12.1 Å². The van der Waals surface area contributed by atoms with Gasteiger partial charge in [0.25, 0.3) is 5.91 Å². The Morgan fingerprint density at radius 1 is 1.38 bits per heavy atom. The molecule has 0 radical (unpaired) electrons. The summed E-state index contributed by atoms with van der Waals surface area (Å²) in [5, 5.41) is 6.95. The molecule has 5 heteroatoms. The summed E-state index contributed by atoms with van der Waals surface area (Å²) < 4.78 is 4.62. The first-order valence-corrected chi connectivity index (χ1v) is 5.77. The molecule has 0 bridgehead atoms. The van der Waals surface area contributed by atoms with Crippen LogP contribution in [0.2, 0.25) is 0 Å². The molecule has 1 N–H and O–H groups in total. The molecule has 1 amide bonds. The summed E-state index contributed by atoms with van der Waals surface area (Å²) in [5.74, 6) is -0.177. The van der Waals surface area contributed by atoms with Gasteiger partial charge in [-0.2, -0.15) is 0 Å². The van der Waals surface area contributed by atoms with Crippen LogP contribution in [0.25, 0.3) is 0 Å². The number of alkyl halides is 1. The molecule has 0 unspecified atom stereocenters. The molecule has 0 saturated heterocycles. The number of amides is 1. The van der Waals surface area contributed by atoms with Crippen LogP contribution in [0.15, 0.2) is 41.2 Å². The Labute approximate surface area is 101 Å². The molecule has 2 rings (SSSR count). The highest BCUT2D eigenvalue weighted by molar-refractivity contribution is 9.08. The maximum Gasteiger partial charge on any atom is 0.255 e. The zero-order valence-electron chi connectivity index (χ0n) is 8.31. The van der Waals surface area contributed by atoms with Gasteiger partial charge in [0.15, 0.2) is 0 Å². The maximum absolute atomic E-state index is 11.7. The normalized spacial score (nSPS) is 10.1. The summed E-state index contributed by atoms with van der Waals surface area (Å²) in [6.45, 7) is 0. The van der Waals surface area contributed by atoms with Crippen LogP contribution in [0.3, 0.4) is 0 Å². The number of benzene rings is 1. The van der Waals surface area contributed by atoms with E-state index in [1.54, 1.807) is 12.1 Å². The first-order valence-electron chi connectivity index (χ1n) is 4.65. The fourth-order valence-corrected chi connectivity index (χ4v) is 1.59. The third-order valence-electron chi connectivity index (χ3n) is 2.06. The van der Waals surface area contributed by atoms with Gasteiger partial charge >= 0.3 is 0 Å². The van der Waals surface area contributed by atoms with E-state index in [9.17, 15) is 4.79 Å². The van der Waals surface area contributed by atoms with Crippen LogP contribution in [-0.2, 0) is 5.33 Å². The zero-order valence-corrected chi connectivity index (χ0v) is 9.90. The molecular formula is C11H9BrN2O2. The lowest BCUT2D eigenvalue weighted by Crippen LogP contribution is -2.11. The molecule has 1 heterocycles. The topological polar surface area (TPSA) is 55.1 Å². The fraction of sp³-hybridized carbons (Fsp3) is 0.0909. The molecule has 0 spiro atoms. The van der Waals surface area contributed by atoms with Crippen LogP contribution < -0.4 is 5.32 Å². The van der Waals surface area contributed by atoms with Gasteiger partial charge in [0.1, 0.15) is 12.0 Å². The molecule has 82 valence electrons. The van der Waals surface area contributed by atoms with Crippen LogP contribution in [0.4, 0.5) is 5.69 Å². The number of nitrogens with zero attached hydrogens (tertiary/aromatic N) is 1. The van der Waals surface area contributed by atoms with Crippen molar-refractivity contribution in [3.05, 3.63) is 47.9 Å². The highest BCUT2D eigenvalue weighted by atomic mass is 79.9. The molecule has 1 aromatic heterocycles. The Hall–Kier alpha value is -1.62. The third kappa shape index (κ3) is 2.49. The number of halogens is 1. The quantitative estimate of drug-likeness (QED) is 0.880. The average molecular weight is 281 g/mol. The summed E-state index contributed by atoms with van der Waals surface area (Å²) in [6, 6.07) is 7.35. The molecule has 0 aliphatic rings. The van der Waals surface area contributed by atoms with Gasteiger partial charge in [0.2, 0.25) is 0 Å². The molecule has 0 fully saturated rings. The van der Waals surface area contributed by atoms with Crippen molar-refractivity contribution in [3.63, 3.8) is 0 Å². The monoisotopic (exact) mass is 280 g/mol. The smallest absolute Gasteiger partial charge is 0.255 e. The molecule has 0 aliphatic carbocycles. The van der Waals surface area contributed by atoms with Crippen LogP contribution in [0, 0.1) is 0 Å². The van der Waals surface area contributed by atoms with Crippen LogP contribution in [0.1, 0.15) is 15.9 Å². The maximum atomic E-state index is 11.7. The summed E-state index contributed by atoms with van der Waals surface area (Å²) in [5.41, 5.74) is 2.28. The minimum absolute atomic E-state index is 0.177. The van der Waals surface area contributed by atoms with Crippen molar-refractivity contribution >= 4 is 27.5 Å². The van der Waals surface area contributed by atoms with Crippen molar-refractivity contribution in [2.75, 3.05) is 5.32 Å². The molecule has 1 aromatic carbocycles. The highest BCUT2D eigenvalue weighted by Gasteiger charge is 2.06. The second kappa shape index (κ2) is 4.94. The Bertz CT molecular complexity index is 465. The summed E-state index contributed by atoms with van der Waals surface area (Å²) in [7, 11) is 0. The van der Waals surface area contributed by atoms with Gasteiger partial charge in [0, 0.05) is 10.9 Å². The lowest BCUT2D eigenvalue weighted by atomic mass is 10.1. The van der Waals surface area contributed by atoms with Crippen molar-refractivity contribution < 1.29 is 9.32 Å². The predicted molar refractivity (Wildman–Crippen MR) is 63.5 cm³/mol. The van der Waals surface area contributed by atoms with Crippen molar-refractivity contribution in [1.29, 1.82) is 0 Å². The molecule has 0 saturated carbocycles. The van der Waals surface area contributed by atoms with Crippen molar-refractivity contribution in [2.45, 2.75) is 5.33 Å². The molecule has 0 aliphatic heterocycles. The molecule has 0 atom stereocenters. The highest BCUT2D eigenvalue weighted by Crippen LogP contribution is 2.10. The van der Waals surface area contributed by atoms with Crippen LogP contribution >= 0.6 is 15.9 Å².